The van der Waals surface area contributed by atoms with Crippen LogP contribution in [0.3, 0.4) is 0 Å². The SMILES string of the molecule is C1=CC(N(c2ccc3c(c2)sc2ccccc23)c2ccc3oc4ccccc4c3c2)C2C(=C1c1cccc3ccccc13)Oc1ccccc1C21c2ccccc2-c2ccccc21. The van der Waals surface area contributed by atoms with Gasteiger partial charge in [0.25, 0.3) is 0 Å². The smallest absolute Gasteiger partial charge is 0.135 e. The molecule has 2 aromatic heterocycles. The third kappa shape index (κ3) is 4.84. The van der Waals surface area contributed by atoms with Crippen molar-refractivity contribution in [1.82, 2.24) is 0 Å². The molecule has 0 N–H and O–H groups in total. The number of anilines is 2. The molecule has 4 heteroatoms. The van der Waals surface area contributed by atoms with Crippen molar-refractivity contribution in [3.05, 3.63) is 240 Å². The summed E-state index contributed by atoms with van der Waals surface area (Å²) in [6, 6.07) is 73.1. The van der Waals surface area contributed by atoms with Crippen molar-refractivity contribution >= 4 is 81.2 Å². The van der Waals surface area contributed by atoms with Crippen LogP contribution in [0.25, 0.3) is 69.6 Å². The molecule has 3 aliphatic rings. The van der Waals surface area contributed by atoms with Gasteiger partial charge >= 0.3 is 0 Å². The minimum Gasteiger partial charge on any atom is -0.460 e. The first-order valence-electron chi connectivity index (χ1n) is 21.7. The molecule has 1 spiro atoms. The third-order valence-electron chi connectivity index (χ3n) is 14.0. The number of rotatable bonds is 4. The van der Waals surface area contributed by atoms with E-state index in [9.17, 15) is 0 Å². The fourth-order valence-electron chi connectivity index (χ4n) is 11.5. The van der Waals surface area contributed by atoms with Crippen molar-refractivity contribution in [3.8, 4) is 16.9 Å². The maximum absolute atomic E-state index is 7.54. The number of benzene rings is 9. The average Bonchev–Trinajstić information content (AvgIpc) is 4.00. The molecular formula is C59H37NO2S. The van der Waals surface area contributed by atoms with Crippen LogP contribution >= 0.6 is 11.3 Å². The fraction of sp³-hybridized carbons (Fsp3) is 0.0508. The maximum atomic E-state index is 7.54. The Morgan fingerprint density at radius 1 is 0.460 bits per heavy atom. The van der Waals surface area contributed by atoms with Crippen LogP contribution in [0.15, 0.2) is 223 Å². The number of ether oxygens (including phenoxy) is 1. The summed E-state index contributed by atoms with van der Waals surface area (Å²) in [5, 5.41) is 7.18. The monoisotopic (exact) mass is 823 g/mol. The highest BCUT2D eigenvalue weighted by molar-refractivity contribution is 7.25. The second-order valence-electron chi connectivity index (χ2n) is 17.1. The molecule has 3 nitrogen and oxygen atoms in total. The molecule has 0 radical (unpaired) electrons. The first kappa shape index (κ1) is 35.0. The van der Waals surface area contributed by atoms with Gasteiger partial charge in [-0.2, -0.15) is 0 Å². The quantitative estimate of drug-likeness (QED) is 0.177. The first-order chi connectivity index (χ1) is 31.2. The molecule has 0 amide bonds. The first-order valence-corrected chi connectivity index (χ1v) is 22.5. The van der Waals surface area contributed by atoms with Gasteiger partial charge in [-0.15, -0.1) is 11.3 Å². The molecule has 2 atom stereocenters. The number of allylic oxidation sites excluding steroid dienone is 2. The highest BCUT2D eigenvalue weighted by Gasteiger charge is 2.59. The van der Waals surface area contributed by atoms with Crippen molar-refractivity contribution in [3.63, 3.8) is 0 Å². The van der Waals surface area contributed by atoms with Gasteiger partial charge in [0.1, 0.15) is 22.7 Å². The lowest BCUT2D eigenvalue weighted by molar-refractivity contribution is 0.239. The molecule has 0 saturated carbocycles. The summed E-state index contributed by atoms with van der Waals surface area (Å²) >= 11 is 1.86. The largest absolute Gasteiger partial charge is 0.460 e. The van der Waals surface area contributed by atoms with Gasteiger partial charge in [-0.25, -0.2) is 0 Å². The number of fused-ring (bicyclic) bond motifs is 16. The Bertz CT molecular complexity index is 3720. The van der Waals surface area contributed by atoms with Crippen LogP contribution in [-0.4, -0.2) is 6.04 Å². The molecule has 0 saturated heterocycles. The summed E-state index contributed by atoms with van der Waals surface area (Å²) < 4.78 is 16.5. The van der Waals surface area contributed by atoms with Gasteiger partial charge in [0, 0.05) is 53.5 Å². The van der Waals surface area contributed by atoms with E-state index in [1.807, 2.05) is 17.4 Å². The summed E-state index contributed by atoms with van der Waals surface area (Å²) in [7, 11) is 0. The number of hydrogen-bond acceptors (Lipinski definition) is 4. The molecule has 0 bridgehead atoms. The van der Waals surface area contributed by atoms with Gasteiger partial charge in [-0.1, -0.05) is 164 Å². The van der Waals surface area contributed by atoms with Crippen molar-refractivity contribution in [2.45, 2.75) is 11.5 Å². The van der Waals surface area contributed by atoms with E-state index in [4.69, 9.17) is 9.15 Å². The predicted octanol–water partition coefficient (Wildman–Crippen LogP) is 15.6. The molecule has 2 aliphatic carbocycles. The Balaban J connectivity index is 1.11. The summed E-state index contributed by atoms with van der Waals surface area (Å²) in [5.74, 6) is 1.66. The van der Waals surface area contributed by atoms with Gasteiger partial charge in [-0.3, -0.25) is 0 Å². The van der Waals surface area contributed by atoms with E-state index in [1.54, 1.807) is 0 Å². The Morgan fingerprint density at radius 2 is 1.08 bits per heavy atom. The minimum absolute atomic E-state index is 0.214. The Hall–Kier alpha value is -7.66. The van der Waals surface area contributed by atoms with Gasteiger partial charge in [0.05, 0.1) is 17.4 Å². The van der Waals surface area contributed by atoms with Crippen LogP contribution < -0.4 is 9.64 Å². The van der Waals surface area contributed by atoms with Crippen molar-refractivity contribution in [2.75, 3.05) is 4.90 Å². The van der Waals surface area contributed by atoms with Gasteiger partial charge < -0.3 is 14.1 Å². The van der Waals surface area contributed by atoms with Crippen LogP contribution in [0, 0.1) is 5.92 Å². The number of para-hydroxylation sites is 2. The molecular weight excluding hydrogens is 787 g/mol. The molecule has 0 fully saturated rings. The number of hydrogen-bond donors (Lipinski definition) is 0. The molecule has 11 aromatic rings. The zero-order chi connectivity index (χ0) is 41.2. The highest BCUT2D eigenvalue weighted by Crippen LogP contribution is 2.65. The Kier molecular flexibility index (Phi) is 7.32. The van der Waals surface area contributed by atoms with Crippen molar-refractivity contribution < 1.29 is 9.15 Å². The summed E-state index contributed by atoms with van der Waals surface area (Å²) in [5.41, 5.74) is 12.0. The van der Waals surface area contributed by atoms with E-state index in [2.05, 4.69) is 211 Å². The normalized spacial score (nSPS) is 17.0. The van der Waals surface area contributed by atoms with Crippen LogP contribution in [0.1, 0.15) is 22.3 Å². The number of furan rings is 1. The van der Waals surface area contributed by atoms with E-state index < -0.39 is 5.41 Å². The van der Waals surface area contributed by atoms with E-state index in [0.29, 0.717) is 0 Å². The zero-order valence-corrected chi connectivity index (χ0v) is 34.9. The molecule has 2 unspecified atom stereocenters. The second kappa shape index (κ2) is 13.2. The lowest BCUT2D eigenvalue weighted by Gasteiger charge is -2.52. The maximum Gasteiger partial charge on any atom is 0.135 e. The highest BCUT2D eigenvalue weighted by atomic mass is 32.1. The lowest BCUT2D eigenvalue weighted by Crippen LogP contribution is -2.53. The second-order valence-corrected chi connectivity index (χ2v) is 18.1. The van der Waals surface area contributed by atoms with E-state index in [0.717, 1.165) is 50.4 Å². The Labute approximate surface area is 368 Å². The van der Waals surface area contributed by atoms with E-state index in [-0.39, 0.29) is 12.0 Å². The zero-order valence-electron chi connectivity index (χ0n) is 34.0. The third-order valence-corrected chi connectivity index (χ3v) is 15.1. The van der Waals surface area contributed by atoms with Gasteiger partial charge in [-0.05, 0) is 87.1 Å². The average molecular weight is 824 g/mol. The molecule has 9 aromatic carbocycles. The fourth-order valence-corrected chi connectivity index (χ4v) is 12.6. The van der Waals surface area contributed by atoms with Crippen LogP contribution in [0.5, 0.6) is 5.75 Å². The molecule has 1 aliphatic heterocycles. The molecule has 14 rings (SSSR count). The van der Waals surface area contributed by atoms with Crippen LogP contribution in [-0.2, 0) is 5.41 Å². The van der Waals surface area contributed by atoms with Gasteiger partial charge in [0.15, 0.2) is 0 Å². The van der Waals surface area contributed by atoms with Crippen molar-refractivity contribution in [1.29, 1.82) is 0 Å². The van der Waals surface area contributed by atoms with Crippen LogP contribution in [0.2, 0.25) is 0 Å². The summed E-state index contributed by atoms with van der Waals surface area (Å²) in [4.78, 5) is 2.59. The summed E-state index contributed by atoms with van der Waals surface area (Å²) in [6.07, 6.45) is 4.82. The van der Waals surface area contributed by atoms with E-state index >= 15 is 0 Å². The van der Waals surface area contributed by atoms with Gasteiger partial charge in [0.2, 0.25) is 0 Å². The molecule has 63 heavy (non-hydrogen) atoms. The lowest BCUT2D eigenvalue weighted by atomic mass is 9.58. The van der Waals surface area contributed by atoms with Crippen LogP contribution in [0.4, 0.5) is 11.4 Å². The molecule has 3 heterocycles. The topological polar surface area (TPSA) is 25.6 Å². The standard InChI is InChI=1S/C59H37NO2S/c1-2-16-39-36(14-1)15-13-21-40(39)46-31-32-51(57-58(46)62-54-26-11-9-24-50(54)59(57)48-22-7-3-17-41(48)42-18-4-8-23-49(42)59)60(37-29-33-53-47(34-37)43-19-5-10-25-52(43)61-53)38-28-30-45-44-20-6-12-27-55(44)63-56(45)35-38/h1-35,51,57H. The predicted molar refractivity (Wildman–Crippen MR) is 261 cm³/mol. The number of nitrogens with zero attached hydrogens (tertiary/aromatic N) is 1. The summed E-state index contributed by atoms with van der Waals surface area (Å²) in [6.45, 7) is 0. The van der Waals surface area contributed by atoms with E-state index in [1.165, 1.54) is 64.3 Å². The minimum atomic E-state index is -0.616. The van der Waals surface area contributed by atoms with Crippen molar-refractivity contribution in [2.24, 2.45) is 5.92 Å². The molecule has 296 valence electrons. The Morgan fingerprint density at radius 3 is 1.94 bits per heavy atom. The number of thiophene rings is 1.